The van der Waals surface area contributed by atoms with Gasteiger partial charge < -0.3 is 10.5 Å². The van der Waals surface area contributed by atoms with E-state index in [0.717, 1.165) is 12.8 Å². The van der Waals surface area contributed by atoms with E-state index in [-0.39, 0.29) is 11.1 Å². The van der Waals surface area contributed by atoms with Crippen LogP contribution >= 0.6 is 0 Å². The lowest BCUT2D eigenvalue weighted by atomic mass is 9.72. The predicted octanol–water partition coefficient (Wildman–Crippen LogP) is 2.91. The maximum Gasteiger partial charge on any atom is 0.0871 e. The highest BCUT2D eigenvalue weighted by Crippen LogP contribution is 2.39. The molecule has 2 rings (SSSR count). The lowest BCUT2D eigenvalue weighted by Crippen LogP contribution is -2.43. The van der Waals surface area contributed by atoms with Crippen LogP contribution < -0.4 is 5.73 Å². The van der Waals surface area contributed by atoms with Crippen molar-refractivity contribution >= 4 is 0 Å². The molecule has 0 bridgehead atoms. The van der Waals surface area contributed by atoms with E-state index in [1.807, 2.05) is 0 Å². The number of hydrogen-bond acceptors (Lipinski definition) is 2. The maximum atomic E-state index is 6.28. The van der Waals surface area contributed by atoms with Crippen molar-refractivity contribution < 1.29 is 4.74 Å². The first-order valence-corrected chi connectivity index (χ1v) is 5.93. The number of rotatable bonds is 3. The smallest absolute Gasteiger partial charge is 0.0871 e. The fraction of sp³-hybridized carbons (Fsp3) is 0.571. The highest BCUT2D eigenvalue weighted by Gasteiger charge is 2.34. The van der Waals surface area contributed by atoms with Crippen LogP contribution in [0, 0.1) is 0 Å². The van der Waals surface area contributed by atoms with Crippen molar-refractivity contribution in [2.45, 2.75) is 44.2 Å². The van der Waals surface area contributed by atoms with E-state index < -0.39 is 0 Å². The fourth-order valence-corrected chi connectivity index (χ4v) is 2.17. The van der Waals surface area contributed by atoms with Gasteiger partial charge in [0, 0.05) is 12.6 Å². The zero-order valence-electron chi connectivity index (χ0n) is 10.4. The summed E-state index contributed by atoms with van der Waals surface area (Å²) >= 11 is 0. The number of hydrogen-bond donors (Lipinski definition) is 1. The van der Waals surface area contributed by atoms with Gasteiger partial charge in [-0.2, -0.15) is 0 Å². The van der Waals surface area contributed by atoms with Gasteiger partial charge in [0.15, 0.2) is 0 Å². The molecule has 0 aromatic heterocycles. The molecule has 0 aliphatic heterocycles. The van der Waals surface area contributed by atoms with Gasteiger partial charge in [0.25, 0.3) is 0 Å². The molecule has 2 N–H and O–H groups in total. The first kappa shape index (κ1) is 11.6. The number of benzene rings is 1. The summed E-state index contributed by atoms with van der Waals surface area (Å²) in [7, 11) is 1.74. The van der Waals surface area contributed by atoms with Crippen molar-refractivity contribution in [1.29, 1.82) is 0 Å². The van der Waals surface area contributed by atoms with Gasteiger partial charge in [0.05, 0.1) is 5.60 Å². The van der Waals surface area contributed by atoms with Crippen LogP contribution in [0.3, 0.4) is 0 Å². The van der Waals surface area contributed by atoms with E-state index in [2.05, 4.69) is 38.1 Å². The molecule has 2 nitrogen and oxygen atoms in total. The highest BCUT2D eigenvalue weighted by molar-refractivity contribution is 5.32. The average Bonchev–Trinajstić information content (AvgIpc) is 2.26. The maximum absolute atomic E-state index is 6.28. The second-order valence-corrected chi connectivity index (χ2v) is 5.30. The van der Waals surface area contributed by atoms with Crippen LogP contribution in [0.4, 0.5) is 0 Å². The van der Waals surface area contributed by atoms with Crippen LogP contribution in [-0.2, 0) is 15.9 Å². The Morgan fingerprint density at radius 3 is 2.12 bits per heavy atom. The lowest BCUT2D eigenvalue weighted by Gasteiger charge is -2.39. The summed E-state index contributed by atoms with van der Waals surface area (Å²) in [5.74, 6) is 0. The Labute approximate surface area is 97.8 Å². The molecule has 0 unspecified atom stereocenters. The molecule has 1 aliphatic rings. The molecule has 0 spiro atoms. The summed E-state index contributed by atoms with van der Waals surface area (Å²) in [6.45, 7) is 4.15. The molecule has 0 atom stereocenters. The zero-order chi connectivity index (χ0) is 11.8. The van der Waals surface area contributed by atoms with Crippen molar-refractivity contribution in [3.8, 4) is 0 Å². The Bertz CT molecular complexity index is 332. The van der Waals surface area contributed by atoms with E-state index >= 15 is 0 Å². The second-order valence-electron chi connectivity index (χ2n) is 5.30. The predicted molar refractivity (Wildman–Crippen MR) is 66.2 cm³/mol. The molecule has 16 heavy (non-hydrogen) atoms. The summed E-state index contributed by atoms with van der Waals surface area (Å²) in [4.78, 5) is 0. The van der Waals surface area contributed by atoms with E-state index in [1.54, 1.807) is 7.11 Å². The monoisotopic (exact) mass is 219 g/mol. The summed E-state index contributed by atoms with van der Waals surface area (Å²) in [6.07, 6.45) is 3.47. The number of ether oxygens (including phenoxy) is 1. The normalized spacial score (nSPS) is 19.2. The van der Waals surface area contributed by atoms with Gasteiger partial charge in [-0.15, -0.1) is 0 Å². The third-order valence-corrected chi connectivity index (χ3v) is 3.91. The number of methoxy groups -OCH3 is 1. The lowest BCUT2D eigenvalue weighted by molar-refractivity contribution is 0.0192. The van der Waals surface area contributed by atoms with E-state index in [9.17, 15) is 0 Å². The van der Waals surface area contributed by atoms with Gasteiger partial charge >= 0.3 is 0 Å². The molecular formula is C14H21NO. The van der Waals surface area contributed by atoms with Crippen molar-refractivity contribution in [2.24, 2.45) is 5.73 Å². The summed E-state index contributed by atoms with van der Waals surface area (Å²) < 4.78 is 5.46. The molecular weight excluding hydrogens is 198 g/mol. The molecule has 0 amide bonds. The minimum absolute atomic E-state index is 0.0598. The molecule has 0 radical (unpaired) electrons. The molecule has 1 aromatic carbocycles. The Kier molecular flexibility index (Phi) is 2.81. The first-order chi connectivity index (χ1) is 7.48. The SMILES string of the molecule is COC(C)(C)c1ccc(C2(N)CCC2)cc1. The summed E-state index contributed by atoms with van der Waals surface area (Å²) in [6, 6.07) is 8.56. The fourth-order valence-electron chi connectivity index (χ4n) is 2.17. The molecule has 0 saturated heterocycles. The van der Waals surface area contributed by atoms with Crippen LogP contribution in [-0.4, -0.2) is 7.11 Å². The van der Waals surface area contributed by atoms with Crippen molar-refractivity contribution in [1.82, 2.24) is 0 Å². The second kappa shape index (κ2) is 3.86. The molecule has 1 aliphatic carbocycles. The molecule has 0 heterocycles. The van der Waals surface area contributed by atoms with Crippen LogP contribution in [0.2, 0.25) is 0 Å². The molecule has 1 aromatic rings. The molecule has 1 saturated carbocycles. The number of nitrogens with two attached hydrogens (primary N) is 1. The summed E-state index contributed by atoms with van der Waals surface area (Å²) in [5, 5.41) is 0. The standard InChI is InChI=1S/C14H21NO/c1-13(2,16-3)11-5-7-12(8-6-11)14(15)9-4-10-14/h5-8H,4,9-10,15H2,1-3H3. The van der Waals surface area contributed by atoms with Crippen molar-refractivity contribution in [3.05, 3.63) is 35.4 Å². The van der Waals surface area contributed by atoms with E-state index in [0.29, 0.717) is 0 Å². The Morgan fingerprint density at radius 2 is 1.75 bits per heavy atom. The Balaban J connectivity index is 2.23. The van der Waals surface area contributed by atoms with Crippen LogP contribution in [0.25, 0.3) is 0 Å². The largest absolute Gasteiger partial charge is 0.374 e. The zero-order valence-corrected chi connectivity index (χ0v) is 10.4. The average molecular weight is 219 g/mol. The highest BCUT2D eigenvalue weighted by atomic mass is 16.5. The molecule has 1 fully saturated rings. The summed E-state index contributed by atoms with van der Waals surface area (Å²) in [5.41, 5.74) is 8.46. The van der Waals surface area contributed by atoms with Gasteiger partial charge in [0.2, 0.25) is 0 Å². The molecule has 2 heteroatoms. The minimum Gasteiger partial charge on any atom is -0.374 e. The van der Waals surface area contributed by atoms with Crippen LogP contribution in [0.15, 0.2) is 24.3 Å². The third-order valence-electron chi connectivity index (χ3n) is 3.91. The van der Waals surface area contributed by atoms with Crippen LogP contribution in [0.1, 0.15) is 44.2 Å². The van der Waals surface area contributed by atoms with Crippen molar-refractivity contribution in [2.75, 3.05) is 7.11 Å². The van der Waals surface area contributed by atoms with Gasteiger partial charge in [-0.1, -0.05) is 24.3 Å². The topological polar surface area (TPSA) is 35.2 Å². The van der Waals surface area contributed by atoms with E-state index in [4.69, 9.17) is 10.5 Å². The minimum atomic E-state index is -0.222. The third kappa shape index (κ3) is 1.87. The Hall–Kier alpha value is -0.860. The van der Waals surface area contributed by atoms with Gasteiger partial charge in [-0.05, 0) is 44.2 Å². The van der Waals surface area contributed by atoms with Crippen molar-refractivity contribution in [3.63, 3.8) is 0 Å². The van der Waals surface area contributed by atoms with E-state index in [1.165, 1.54) is 17.5 Å². The Morgan fingerprint density at radius 1 is 1.19 bits per heavy atom. The van der Waals surface area contributed by atoms with Gasteiger partial charge in [-0.3, -0.25) is 0 Å². The van der Waals surface area contributed by atoms with Gasteiger partial charge in [-0.25, -0.2) is 0 Å². The molecule has 88 valence electrons. The van der Waals surface area contributed by atoms with Gasteiger partial charge in [0.1, 0.15) is 0 Å². The van der Waals surface area contributed by atoms with Crippen LogP contribution in [0.5, 0.6) is 0 Å². The first-order valence-electron chi connectivity index (χ1n) is 5.93. The quantitative estimate of drug-likeness (QED) is 0.848.